The lowest BCUT2D eigenvalue weighted by molar-refractivity contribution is -0.118. The number of rotatable bonds is 11. The quantitative estimate of drug-likeness (QED) is 0.149. The number of hydrogen-bond donors (Lipinski definition) is 2. The second-order valence-corrected chi connectivity index (χ2v) is 12.3. The van der Waals surface area contributed by atoms with E-state index in [0.29, 0.717) is 28.8 Å². The molecule has 4 aromatic rings. The molecule has 0 aliphatic heterocycles. The van der Waals surface area contributed by atoms with Crippen LogP contribution in [-0.2, 0) is 20.9 Å². The van der Waals surface area contributed by atoms with Gasteiger partial charge in [0.25, 0.3) is 0 Å². The normalized spacial score (nSPS) is 17.1. The van der Waals surface area contributed by atoms with Crippen LogP contribution < -0.4 is 15.3 Å². The van der Waals surface area contributed by atoms with Crippen LogP contribution in [0.15, 0.2) is 85.0 Å². The molecule has 9 nitrogen and oxygen atoms in total. The van der Waals surface area contributed by atoms with Crippen LogP contribution in [0.3, 0.4) is 0 Å². The van der Waals surface area contributed by atoms with E-state index in [9.17, 15) is 14.7 Å². The van der Waals surface area contributed by atoms with E-state index in [4.69, 9.17) is 4.84 Å². The van der Waals surface area contributed by atoms with Gasteiger partial charge in [0, 0.05) is 61.0 Å². The summed E-state index contributed by atoms with van der Waals surface area (Å²) in [6.07, 6.45) is 7.40. The van der Waals surface area contributed by atoms with E-state index in [2.05, 4.69) is 34.4 Å². The number of nitrogens with one attached hydrogen (secondary N) is 1. The monoisotopic (exact) mass is 635 g/mol. The van der Waals surface area contributed by atoms with Crippen LogP contribution in [-0.4, -0.2) is 46.7 Å². The molecule has 47 heavy (non-hydrogen) atoms. The van der Waals surface area contributed by atoms with E-state index in [0.717, 1.165) is 40.0 Å². The lowest BCUT2D eigenvalue weighted by Crippen LogP contribution is -2.57. The van der Waals surface area contributed by atoms with Crippen molar-refractivity contribution in [1.82, 2.24) is 15.0 Å². The van der Waals surface area contributed by atoms with Gasteiger partial charge in [-0.05, 0) is 87.6 Å². The number of aliphatic hydroxyl groups excluding tert-OH is 1. The zero-order valence-electron chi connectivity index (χ0n) is 28.6. The molecule has 2 atom stereocenters. The minimum atomic E-state index is -1.36. The van der Waals surface area contributed by atoms with Crippen molar-refractivity contribution in [1.29, 1.82) is 0 Å². The number of benzene rings is 3. The zero-order chi connectivity index (χ0) is 34.1. The van der Waals surface area contributed by atoms with E-state index >= 15 is 0 Å². The molecule has 246 valence electrons. The van der Waals surface area contributed by atoms with E-state index in [-0.39, 0.29) is 11.7 Å². The number of Topliss-reactive ketones (excluding diaryl/α,β-unsaturated/α-hetero) is 1. The van der Waals surface area contributed by atoms with E-state index in [1.54, 1.807) is 24.3 Å². The Morgan fingerprint density at radius 2 is 1.81 bits per heavy atom. The number of aliphatic hydroxyl groups is 1. The molecular weight excluding hydrogens is 590 g/mol. The average molecular weight is 636 g/mol. The summed E-state index contributed by atoms with van der Waals surface area (Å²) < 4.78 is 1.89. The molecule has 0 bridgehead atoms. The summed E-state index contributed by atoms with van der Waals surface area (Å²) in [6.45, 7) is 13.9. The number of ketones is 1. The van der Waals surface area contributed by atoms with Gasteiger partial charge in [-0.3, -0.25) is 19.3 Å². The first-order valence-electron chi connectivity index (χ1n) is 16.0. The highest BCUT2D eigenvalue weighted by Crippen LogP contribution is 2.50. The van der Waals surface area contributed by atoms with Crippen LogP contribution in [0.1, 0.15) is 70.9 Å². The molecule has 3 aromatic carbocycles. The third-order valence-electron chi connectivity index (χ3n) is 9.43. The summed E-state index contributed by atoms with van der Waals surface area (Å²) >= 11 is 0. The molecule has 1 aliphatic carbocycles. The van der Waals surface area contributed by atoms with Gasteiger partial charge in [0.05, 0.1) is 6.33 Å². The van der Waals surface area contributed by atoms with Crippen LogP contribution >= 0.6 is 0 Å². The summed E-state index contributed by atoms with van der Waals surface area (Å²) in [6, 6.07) is 17.7. The number of fused-ring (bicyclic) bond motifs is 1. The zero-order valence-corrected chi connectivity index (χ0v) is 28.6. The van der Waals surface area contributed by atoms with Crippen molar-refractivity contribution in [2.75, 3.05) is 30.1 Å². The molecule has 1 aliphatic rings. The Hall–Kier alpha value is -4.57. The fraction of sp³-hybridized carbons (Fsp3) is 0.342. The van der Waals surface area contributed by atoms with Gasteiger partial charge in [-0.1, -0.05) is 48.9 Å². The van der Waals surface area contributed by atoms with E-state index < -0.39 is 18.0 Å². The average Bonchev–Trinajstić information content (AvgIpc) is 3.60. The fourth-order valence-corrected chi connectivity index (χ4v) is 7.12. The summed E-state index contributed by atoms with van der Waals surface area (Å²) in [5, 5.41) is 9.91. The molecule has 5 rings (SSSR count). The lowest BCUT2D eigenvalue weighted by atomic mass is 9.70. The van der Waals surface area contributed by atoms with Crippen molar-refractivity contribution in [3.63, 3.8) is 0 Å². The maximum atomic E-state index is 14.9. The van der Waals surface area contributed by atoms with Gasteiger partial charge in [0.1, 0.15) is 12.3 Å². The number of aromatic nitrogens is 2. The lowest BCUT2D eigenvalue weighted by Gasteiger charge is -2.49. The van der Waals surface area contributed by atoms with Crippen LogP contribution in [0.2, 0.25) is 0 Å². The Labute approximate surface area is 277 Å². The molecule has 0 saturated carbocycles. The minimum Gasteiger partial charge on any atom is -0.379 e. The van der Waals surface area contributed by atoms with Crippen molar-refractivity contribution < 1.29 is 19.5 Å². The number of anilines is 2. The number of nitrogens with zero attached hydrogens (tertiary/aromatic N) is 4. The predicted octanol–water partition coefficient (Wildman–Crippen LogP) is 6.23. The number of carbonyl (C=O) groups is 2. The summed E-state index contributed by atoms with van der Waals surface area (Å²) in [7, 11) is 2.03. The van der Waals surface area contributed by atoms with Crippen LogP contribution in [0.5, 0.6) is 0 Å². The fourth-order valence-electron chi connectivity index (χ4n) is 7.12. The summed E-state index contributed by atoms with van der Waals surface area (Å²) in [4.78, 5) is 43.9. The number of hydrogen-bond acceptors (Lipinski definition) is 7. The predicted molar refractivity (Wildman–Crippen MR) is 185 cm³/mol. The van der Waals surface area contributed by atoms with Gasteiger partial charge in [-0.25, -0.2) is 4.98 Å². The molecule has 1 amide bonds. The SMILES string of the molecule is CCN(C)c1ccc(N(C(C)=O)C2(n3ccnc3)C=C(C(CC)(ONCO)c3ccc(C)cc3C)C(=O)c3cccc(C)c32)c(C)c1. The molecule has 2 N–H and O–H groups in total. The van der Waals surface area contributed by atoms with Crippen LogP contribution in [0.25, 0.3) is 0 Å². The number of amides is 1. The van der Waals surface area contributed by atoms with E-state index in [1.165, 1.54) is 0 Å². The highest BCUT2D eigenvalue weighted by atomic mass is 16.7. The second kappa shape index (κ2) is 13.3. The van der Waals surface area contributed by atoms with Gasteiger partial charge in [-0.15, -0.1) is 0 Å². The van der Waals surface area contributed by atoms with E-state index in [1.807, 2.05) is 101 Å². The molecule has 9 heteroatoms. The Morgan fingerprint density at radius 3 is 2.40 bits per heavy atom. The maximum absolute atomic E-state index is 14.9. The maximum Gasteiger partial charge on any atom is 0.226 e. The van der Waals surface area contributed by atoms with Crippen molar-refractivity contribution in [2.45, 2.75) is 66.2 Å². The van der Waals surface area contributed by atoms with Gasteiger partial charge >= 0.3 is 0 Å². The van der Waals surface area contributed by atoms with Crippen molar-refractivity contribution in [2.24, 2.45) is 0 Å². The number of aryl methyl sites for hydroxylation is 4. The number of hydroxylamine groups is 1. The molecular formula is C38H45N5O4. The largest absolute Gasteiger partial charge is 0.379 e. The number of carbonyl (C=O) groups excluding carboxylic acids is 2. The Morgan fingerprint density at radius 1 is 1.04 bits per heavy atom. The third-order valence-corrected chi connectivity index (χ3v) is 9.43. The van der Waals surface area contributed by atoms with Gasteiger partial charge in [0.15, 0.2) is 11.4 Å². The molecule has 0 fully saturated rings. The Bertz CT molecular complexity index is 1830. The molecule has 1 aromatic heterocycles. The molecule has 2 unspecified atom stereocenters. The Kier molecular flexibility index (Phi) is 9.54. The van der Waals surface area contributed by atoms with Crippen molar-refractivity contribution in [3.05, 3.63) is 124 Å². The minimum absolute atomic E-state index is 0.221. The standard InChI is InChI=1S/C38H45N5O4/c1-9-37(47-40-24-44,32-16-14-25(3)20-27(32)5)33-22-38(42-19-18-39-23-42,35-26(4)12-11-13-31(35)36(33)46)43(29(7)45)34-17-15-30(21-28(34)6)41(8)10-2/h11-23,40,44H,9-10,24H2,1-8H3. The first-order chi connectivity index (χ1) is 22.5. The second-order valence-electron chi connectivity index (χ2n) is 12.3. The number of imidazole rings is 1. The topological polar surface area (TPSA) is 99.9 Å². The molecule has 0 spiro atoms. The molecule has 0 saturated heterocycles. The third kappa shape index (κ3) is 5.58. The highest BCUT2D eigenvalue weighted by molar-refractivity contribution is 6.14. The molecule has 1 heterocycles. The van der Waals surface area contributed by atoms with Crippen molar-refractivity contribution in [3.8, 4) is 0 Å². The first-order valence-corrected chi connectivity index (χ1v) is 16.0. The molecule has 0 radical (unpaired) electrons. The highest BCUT2D eigenvalue weighted by Gasteiger charge is 2.53. The van der Waals surface area contributed by atoms with Crippen LogP contribution in [0, 0.1) is 27.7 Å². The van der Waals surface area contributed by atoms with Gasteiger partial charge in [0.2, 0.25) is 5.91 Å². The van der Waals surface area contributed by atoms with Gasteiger partial charge in [-0.2, -0.15) is 5.48 Å². The van der Waals surface area contributed by atoms with Crippen LogP contribution in [0.4, 0.5) is 11.4 Å². The summed E-state index contributed by atoms with van der Waals surface area (Å²) in [5.74, 6) is -0.443. The van der Waals surface area contributed by atoms with Gasteiger partial charge < -0.3 is 14.6 Å². The summed E-state index contributed by atoms with van der Waals surface area (Å²) in [5.41, 5.74) is 7.68. The first kappa shape index (κ1) is 33.8. The van der Waals surface area contributed by atoms with Crippen molar-refractivity contribution >= 4 is 23.1 Å². The Balaban J connectivity index is 1.95. The smallest absolute Gasteiger partial charge is 0.226 e.